The van der Waals surface area contributed by atoms with Crippen LogP contribution in [-0.4, -0.2) is 29.1 Å². The molecule has 0 heterocycles. The zero-order chi connectivity index (χ0) is 20.7. The van der Waals surface area contributed by atoms with Gasteiger partial charge < -0.3 is 25.2 Å². The number of halogens is 1. The number of hydrogen-bond acceptors (Lipinski definition) is 6. The van der Waals surface area contributed by atoms with Gasteiger partial charge in [-0.15, -0.1) is 0 Å². The Bertz CT molecular complexity index is 900. The van der Waals surface area contributed by atoms with Crippen molar-refractivity contribution in [1.29, 1.82) is 0 Å². The minimum absolute atomic E-state index is 0.00619. The van der Waals surface area contributed by atoms with Crippen molar-refractivity contribution >= 4 is 40.9 Å². The van der Waals surface area contributed by atoms with Crippen LogP contribution >= 0.6 is 11.6 Å². The normalized spacial score (nSPS) is 10.1. The van der Waals surface area contributed by atoms with Gasteiger partial charge >= 0.3 is 6.16 Å². The maximum absolute atomic E-state index is 11.6. The molecule has 0 aromatic heterocycles. The predicted molar refractivity (Wildman–Crippen MR) is 104 cm³/mol. The van der Waals surface area contributed by atoms with Crippen molar-refractivity contribution in [3.63, 3.8) is 0 Å². The molecule has 2 aromatic rings. The SMILES string of the molecule is CC(=O)Nc1ccc(O)c(Cc2cc(NC(C)=O)ccc2OC(=O)OCCl)c1. The van der Waals surface area contributed by atoms with Crippen LogP contribution in [0.15, 0.2) is 36.4 Å². The summed E-state index contributed by atoms with van der Waals surface area (Å²) in [5.41, 5.74) is 1.95. The molecule has 28 heavy (non-hydrogen) atoms. The number of nitrogens with one attached hydrogen (secondary N) is 2. The smallest absolute Gasteiger partial charge is 0.508 e. The van der Waals surface area contributed by atoms with E-state index in [0.717, 1.165) is 0 Å². The Labute approximate surface area is 166 Å². The highest BCUT2D eigenvalue weighted by molar-refractivity contribution is 6.17. The fourth-order valence-electron chi connectivity index (χ4n) is 2.48. The van der Waals surface area contributed by atoms with E-state index >= 15 is 0 Å². The van der Waals surface area contributed by atoms with Crippen LogP contribution < -0.4 is 15.4 Å². The molecule has 2 aromatic carbocycles. The predicted octanol–water partition coefficient (Wildman–Crippen LogP) is 3.61. The summed E-state index contributed by atoms with van der Waals surface area (Å²) in [5.74, 6) is -0.351. The topological polar surface area (TPSA) is 114 Å². The van der Waals surface area contributed by atoms with Crippen molar-refractivity contribution in [3.05, 3.63) is 47.5 Å². The first-order valence-electron chi connectivity index (χ1n) is 8.19. The molecule has 3 N–H and O–H groups in total. The molecule has 2 rings (SSSR count). The molecule has 0 fully saturated rings. The van der Waals surface area contributed by atoms with Crippen molar-refractivity contribution in [2.24, 2.45) is 0 Å². The molecule has 9 heteroatoms. The minimum atomic E-state index is -0.986. The van der Waals surface area contributed by atoms with Crippen LogP contribution in [0.25, 0.3) is 0 Å². The number of phenolic OH excluding ortho intramolecular Hbond substituents is 1. The number of carbonyl (C=O) groups is 3. The fourth-order valence-corrected chi connectivity index (χ4v) is 2.56. The van der Waals surface area contributed by atoms with E-state index in [1.807, 2.05) is 0 Å². The molecule has 0 spiro atoms. The second kappa shape index (κ2) is 9.61. The number of hydrogen-bond donors (Lipinski definition) is 3. The van der Waals surface area contributed by atoms with Gasteiger partial charge in [0.1, 0.15) is 11.5 Å². The van der Waals surface area contributed by atoms with Crippen LogP contribution in [0.3, 0.4) is 0 Å². The lowest BCUT2D eigenvalue weighted by atomic mass is 10.0. The van der Waals surface area contributed by atoms with Crippen molar-refractivity contribution in [1.82, 2.24) is 0 Å². The fraction of sp³-hybridized carbons (Fsp3) is 0.211. The van der Waals surface area contributed by atoms with Gasteiger partial charge in [0, 0.05) is 42.8 Å². The summed E-state index contributed by atoms with van der Waals surface area (Å²) in [5, 5.41) is 15.4. The van der Waals surface area contributed by atoms with E-state index in [2.05, 4.69) is 15.4 Å². The Kier molecular flexibility index (Phi) is 7.22. The lowest BCUT2D eigenvalue weighted by molar-refractivity contribution is -0.115. The Hall–Kier alpha value is -3.26. The number of carbonyl (C=O) groups excluding carboxylic acids is 3. The number of alkyl halides is 1. The number of phenols is 1. The Morgan fingerprint density at radius 1 is 0.964 bits per heavy atom. The summed E-state index contributed by atoms with van der Waals surface area (Å²) in [7, 11) is 0. The molecule has 2 amide bonds. The van der Waals surface area contributed by atoms with Crippen LogP contribution in [0.2, 0.25) is 0 Å². The first-order valence-corrected chi connectivity index (χ1v) is 8.72. The molecule has 0 aliphatic rings. The maximum atomic E-state index is 11.6. The summed E-state index contributed by atoms with van der Waals surface area (Å²) in [4.78, 5) is 34.2. The van der Waals surface area contributed by atoms with E-state index in [0.29, 0.717) is 22.5 Å². The van der Waals surface area contributed by atoms with Crippen molar-refractivity contribution in [3.8, 4) is 11.5 Å². The Balaban J connectivity index is 2.39. The number of ether oxygens (including phenoxy) is 2. The number of amides is 2. The van der Waals surface area contributed by atoms with Gasteiger partial charge in [-0.3, -0.25) is 9.59 Å². The van der Waals surface area contributed by atoms with Crippen LogP contribution in [0, 0.1) is 0 Å². The van der Waals surface area contributed by atoms with Crippen LogP contribution in [0.1, 0.15) is 25.0 Å². The highest BCUT2D eigenvalue weighted by Crippen LogP contribution is 2.30. The molecule has 0 unspecified atom stereocenters. The number of benzene rings is 2. The molecule has 0 aliphatic carbocycles. The second-order valence-electron chi connectivity index (χ2n) is 5.81. The number of anilines is 2. The van der Waals surface area contributed by atoms with Gasteiger partial charge in [0.05, 0.1) is 0 Å². The minimum Gasteiger partial charge on any atom is -0.508 e. The van der Waals surface area contributed by atoms with E-state index in [-0.39, 0.29) is 35.8 Å². The maximum Gasteiger partial charge on any atom is 0.515 e. The van der Waals surface area contributed by atoms with Gasteiger partial charge in [0.15, 0.2) is 6.07 Å². The summed E-state index contributed by atoms with van der Waals surface area (Å²) >= 11 is 5.36. The summed E-state index contributed by atoms with van der Waals surface area (Å²) in [6.45, 7) is 2.74. The third-order valence-electron chi connectivity index (χ3n) is 3.53. The average Bonchev–Trinajstić information content (AvgIpc) is 2.59. The van der Waals surface area contributed by atoms with Gasteiger partial charge in [0.2, 0.25) is 11.8 Å². The molecule has 148 valence electrons. The van der Waals surface area contributed by atoms with Gasteiger partial charge in [-0.05, 0) is 36.4 Å². The van der Waals surface area contributed by atoms with E-state index in [1.54, 1.807) is 24.3 Å². The zero-order valence-electron chi connectivity index (χ0n) is 15.2. The van der Waals surface area contributed by atoms with E-state index < -0.39 is 6.16 Å². The highest BCUT2D eigenvalue weighted by Gasteiger charge is 2.14. The van der Waals surface area contributed by atoms with Crippen LogP contribution in [0.5, 0.6) is 11.5 Å². The summed E-state index contributed by atoms with van der Waals surface area (Å²) in [6, 6.07) is 8.89. The van der Waals surface area contributed by atoms with Gasteiger partial charge in [-0.2, -0.15) is 0 Å². The molecule has 0 saturated heterocycles. The van der Waals surface area contributed by atoms with Gasteiger partial charge in [-0.25, -0.2) is 4.79 Å². The second-order valence-corrected chi connectivity index (χ2v) is 6.03. The number of rotatable bonds is 6. The standard InChI is InChI=1S/C19H19ClN2O6/c1-11(23)21-15-3-5-17(25)13(8-15)7-14-9-16(22-12(2)24)4-6-18(14)28-19(26)27-10-20/h3-6,8-9,25H,7,10H2,1-2H3,(H,21,23)(H,22,24). The van der Waals surface area contributed by atoms with Gasteiger partial charge in [-0.1, -0.05) is 11.6 Å². The van der Waals surface area contributed by atoms with E-state index in [9.17, 15) is 19.5 Å². The van der Waals surface area contributed by atoms with Crippen molar-refractivity contribution < 1.29 is 29.0 Å². The Morgan fingerprint density at radius 2 is 1.54 bits per heavy atom. The highest BCUT2D eigenvalue weighted by atomic mass is 35.5. The third-order valence-corrected chi connectivity index (χ3v) is 3.64. The third kappa shape index (κ3) is 6.17. The average molecular weight is 407 g/mol. The largest absolute Gasteiger partial charge is 0.515 e. The van der Waals surface area contributed by atoms with E-state index in [4.69, 9.17) is 16.3 Å². The molecular formula is C19H19ClN2O6. The van der Waals surface area contributed by atoms with Crippen molar-refractivity contribution in [2.45, 2.75) is 20.3 Å². The lowest BCUT2D eigenvalue weighted by Crippen LogP contribution is -2.12. The van der Waals surface area contributed by atoms with Crippen LogP contribution in [0.4, 0.5) is 16.2 Å². The first-order chi connectivity index (χ1) is 13.3. The van der Waals surface area contributed by atoms with E-state index in [1.165, 1.54) is 26.0 Å². The molecule has 0 radical (unpaired) electrons. The quantitative estimate of drug-likeness (QED) is 0.292. The molecule has 0 bridgehead atoms. The summed E-state index contributed by atoms with van der Waals surface area (Å²) in [6.07, 6.45) is -0.837. The monoisotopic (exact) mass is 406 g/mol. The van der Waals surface area contributed by atoms with Gasteiger partial charge in [0.25, 0.3) is 0 Å². The molecule has 0 atom stereocenters. The van der Waals surface area contributed by atoms with Crippen molar-refractivity contribution in [2.75, 3.05) is 16.7 Å². The molecule has 0 aliphatic heterocycles. The van der Waals surface area contributed by atoms with Crippen LogP contribution in [-0.2, 0) is 20.7 Å². The molecular weight excluding hydrogens is 388 g/mol. The molecule has 0 saturated carbocycles. The molecule has 8 nitrogen and oxygen atoms in total. The lowest BCUT2D eigenvalue weighted by Gasteiger charge is -2.14. The Morgan fingerprint density at radius 3 is 2.11 bits per heavy atom. The summed E-state index contributed by atoms with van der Waals surface area (Å²) < 4.78 is 9.71. The number of aromatic hydroxyl groups is 1. The first kappa shape index (κ1) is 21.0. The zero-order valence-corrected chi connectivity index (χ0v) is 16.0.